The number of hydrogen-bond donors (Lipinski definition) is 1. The standard InChI is InChI=1S/C16H23F2N/c1-19-16(12-7-5-3-2-4-6-8-12)13-9-14(17)11-15(18)10-13/h9-12,16,19H,2-8H2,1H3. The topological polar surface area (TPSA) is 12.0 Å². The van der Waals surface area contributed by atoms with Crippen LogP contribution >= 0.6 is 0 Å². The number of hydrogen-bond acceptors (Lipinski definition) is 1. The number of halogens is 2. The Morgan fingerprint density at radius 1 is 0.947 bits per heavy atom. The summed E-state index contributed by atoms with van der Waals surface area (Å²) in [5.74, 6) is -0.492. The molecule has 1 aromatic carbocycles. The lowest BCUT2D eigenvalue weighted by molar-refractivity contribution is 0.298. The molecule has 1 nitrogen and oxygen atoms in total. The van der Waals surface area contributed by atoms with Gasteiger partial charge in [0, 0.05) is 12.1 Å². The van der Waals surface area contributed by atoms with Crippen LogP contribution in [0.5, 0.6) is 0 Å². The van der Waals surface area contributed by atoms with Gasteiger partial charge >= 0.3 is 0 Å². The summed E-state index contributed by atoms with van der Waals surface area (Å²) in [6, 6.07) is 3.92. The maximum absolute atomic E-state index is 13.4. The molecule has 1 atom stereocenters. The molecule has 106 valence electrons. The lowest BCUT2D eigenvalue weighted by atomic mass is 9.83. The molecule has 0 spiro atoms. The van der Waals surface area contributed by atoms with Crippen LogP contribution in [-0.2, 0) is 0 Å². The van der Waals surface area contributed by atoms with Gasteiger partial charge in [0.2, 0.25) is 0 Å². The highest BCUT2D eigenvalue weighted by Gasteiger charge is 2.23. The molecule has 1 fully saturated rings. The molecule has 0 aromatic heterocycles. The van der Waals surface area contributed by atoms with Gasteiger partial charge < -0.3 is 5.32 Å². The molecule has 0 bridgehead atoms. The van der Waals surface area contributed by atoms with Crippen molar-refractivity contribution < 1.29 is 8.78 Å². The zero-order valence-corrected chi connectivity index (χ0v) is 11.6. The molecule has 0 saturated heterocycles. The van der Waals surface area contributed by atoms with E-state index < -0.39 is 11.6 Å². The maximum Gasteiger partial charge on any atom is 0.126 e. The zero-order chi connectivity index (χ0) is 13.7. The Kier molecular flexibility index (Phi) is 5.32. The molecule has 1 aliphatic carbocycles. The van der Waals surface area contributed by atoms with Gasteiger partial charge in [0.25, 0.3) is 0 Å². The maximum atomic E-state index is 13.4. The second kappa shape index (κ2) is 6.99. The first-order valence-corrected chi connectivity index (χ1v) is 7.34. The highest BCUT2D eigenvalue weighted by atomic mass is 19.1. The molecule has 3 heteroatoms. The predicted octanol–water partition coefficient (Wildman–Crippen LogP) is 4.59. The minimum Gasteiger partial charge on any atom is -0.313 e. The minimum absolute atomic E-state index is 0.0586. The van der Waals surface area contributed by atoms with Crippen molar-refractivity contribution in [2.45, 2.75) is 51.0 Å². The first-order valence-electron chi connectivity index (χ1n) is 7.34. The summed E-state index contributed by atoms with van der Waals surface area (Å²) in [5.41, 5.74) is 0.741. The minimum atomic E-state index is -0.485. The summed E-state index contributed by atoms with van der Waals surface area (Å²) in [6.07, 6.45) is 8.62. The van der Waals surface area contributed by atoms with E-state index in [0.29, 0.717) is 5.92 Å². The van der Waals surface area contributed by atoms with Gasteiger partial charge in [-0.05, 0) is 43.5 Å². The van der Waals surface area contributed by atoms with Crippen LogP contribution in [0.2, 0.25) is 0 Å². The normalized spacial score (nSPS) is 19.7. The average molecular weight is 267 g/mol. The van der Waals surface area contributed by atoms with Gasteiger partial charge in [-0.3, -0.25) is 0 Å². The monoisotopic (exact) mass is 267 g/mol. The van der Waals surface area contributed by atoms with Gasteiger partial charge in [-0.1, -0.05) is 32.1 Å². The third-order valence-electron chi connectivity index (χ3n) is 4.18. The van der Waals surface area contributed by atoms with Gasteiger partial charge in [0.05, 0.1) is 0 Å². The molecular formula is C16H23F2N. The molecule has 0 amide bonds. The predicted molar refractivity (Wildman–Crippen MR) is 74.0 cm³/mol. The zero-order valence-electron chi connectivity index (χ0n) is 11.6. The fourth-order valence-corrected chi connectivity index (χ4v) is 3.25. The van der Waals surface area contributed by atoms with Crippen molar-refractivity contribution in [3.8, 4) is 0 Å². The molecule has 1 saturated carbocycles. The summed E-state index contributed by atoms with van der Waals surface area (Å²) >= 11 is 0. The number of rotatable bonds is 3. The van der Waals surface area contributed by atoms with Crippen LogP contribution in [0, 0.1) is 17.6 Å². The van der Waals surface area contributed by atoms with Crippen LogP contribution in [0.15, 0.2) is 18.2 Å². The SMILES string of the molecule is CNC(c1cc(F)cc(F)c1)C1CCCCCCC1. The molecular weight excluding hydrogens is 244 g/mol. The Bertz CT molecular complexity index is 377. The van der Waals surface area contributed by atoms with E-state index in [9.17, 15) is 8.78 Å². The highest BCUT2D eigenvalue weighted by Crippen LogP contribution is 2.33. The first-order chi connectivity index (χ1) is 9.20. The Morgan fingerprint density at radius 3 is 2.00 bits per heavy atom. The Balaban J connectivity index is 2.16. The van der Waals surface area contributed by atoms with E-state index in [-0.39, 0.29) is 6.04 Å². The third kappa shape index (κ3) is 4.00. The lowest BCUT2D eigenvalue weighted by Gasteiger charge is -2.29. The lowest BCUT2D eigenvalue weighted by Crippen LogP contribution is -2.26. The van der Waals surface area contributed by atoms with Crippen molar-refractivity contribution in [3.05, 3.63) is 35.4 Å². The van der Waals surface area contributed by atoms with E-state index in [4.69, 9.17) is 0 Å². The number of nitrogens with one attached hydrogen (secondary N) is 1. The van der Waals surface area contributed by atoms with Crippen LogP contribution in [-0.4, -0.2) is 7.05 Å². The molecule has 0 aliphatic heterocycles. The molecule has 2 rings (SSSR count). The van der Waals surface area contributed by atoms with Gasteiger partial charge in [-0.2, -0.15) is 0 Å². The van der Waals surface area contributed by atoms with Crippen molar-refractivity contribution >= 4 is 0 Å². The Labute approximate surface area is 114 Å². The summed E-state index contributed by atoms with van der Waals surface area (Å²) in [7, 11) is 1.88. The van der Waals surface area contributed by atoms with Crippen molar-refractivity contribution in [2.75, 3.05) is 7.05 Å². The molecule has 0 heterocycles. The van der Waals surface area contributed by atoms with Gasteiger partial charge in [0.1, 0.15) is 11.6 Å². The average Bonchev–Trinajstić information content (AvgIpc) is 2.31. The van der Waals surface area contributed by atoms with E-state index in [0.717, 1.165) is 24.5 Å². The summed E-state index contributed by atoms with van der Waals surface area (Å²) < 4.78 is 26.7. The summed E-state index contributed by atoms with van der Waals surface area (Å²) in [6.45, 7) is 0. The first kappa shape index (κ1) is 14.4. The van der Waals surface area contributed by atoms with E-state index in [2.05, 4.69) is 5.32 Å². The smallest absolute Gasteiger partial charge is 0.126 e. The Hall–Kier alpha value is -0.960. The van der Waals surface area contributed by atoms with E-state index in [1.165, 1.54) is 44.2 Å². The van der Waals surface area contributed by atoms with Gasteiger partial charge in [0.15, 0.2) is 0 Å². The van der Waals surface area contributed by atoms with Crippen LogP contribution in [0.1, 0.15) is 56.6 Å². The fourth-order valence-electron chi connectivity index (χ4n) is 3.25. The van der Waals surface area contributed by atoms with Gasteiger partial charge in [-0.15, -0.1) is 0 Å². The second-order valence-corrected chi connectivity index (χ2v) is 5.57. The van der Waals surface area contributed by atoms with Crippen molar-refractivity contribution in [1.29, 1.82) is 0 Å². The van der Waals surface area contributed by atoms with E-state index in [1.807, 2.05) is 7.05 Å². The molecule has 0 radical (unpaired) electrons. The van der Waals surface area contributed by atoms with Crippen LogP contribution < -0.4 is 5.32 Å². The van der Waals surface area contributed by atoms with Crippen molar-refractivity contribution in [1.82, 2.24) is 5.32 Å². The van der Waals surface area contributed by atoms with E-state index in [1.54, 1.807) is 0 Å². The van der Waals surface area contributed by atoms with Crippen LogP contribution in [0.25, 0.3) is 0 Å². The van der Waals surface area contributed by atoms with Crippen molar-refractivity contribution in [2.24, 2.45) is 5.92 Å². The third-order valence-corrected chi connectivity index (χ3v) is 4.18. The molecule has 1 aliphatic rings. The Morgan fingerprint density at radius 2 is 1.47 bits per heavy atom. The highest BCUT2D eigenvalue weighted by molar-refractivity contribution is 5.22. The largest absolute Gasteiger partial charge is 0.313 e. The van der Waals surface area contributed by atoms with Crippen LogP contribution in [0.3, 0.4) is 0 Å². The number of benzene rings is 1. The fraction of sp³-hybridized carbons (Fsp3) is 0.625. The molecule has 19 heavy (non-hydrogen) atoms. The van der Waals surface area contributed by atoms with Crippen LogP contribution in [0.4, 0.5) is 8.78 Å². The quantitative estimate of drug-likeness (QED) is 0.845. The summed E-state index contributed by atoms with van der Waals surface area (Å²) in [5, 5.41) is 3.26. The van der Waals surface area contributed by atoms with E-state index >= 15 is 0 Å². The second-order valence-electron chi connectivity index (χ2n) is 5.57. The summed E-state index contributed by atoms with van der Waals surface area (Å²) in [4.78, 5) is 0. The molecule has 1 N–H and O–H groups in total. The van der Waals surface area contributed by atoms with Gasteiger partial charge in [-0.25, -0.2) is 8.78 Å². The van der Waals surface area contributed by atoms with Crippen molar-refractivity contribution in [3.63, 3.8) is 0 Å². The molecule has 1 unspecified atom stereocenters. The molecule has 1 aromatic rings.